The summed E-state index contributed by atoms with van der Waals surface area (Å²) in [4.78, 5) is 12.1. The number of ether oxygens (including phenoxy) is 1. The number of nitrogens with zero attached hydrogens (tertiary/aromatic N) is 3. The Labute approximate surface area is 137 Å². The monoisotopic (exact) mass is 385 g/mol. The third-order valence-corrected chi connectivity index (χ3v) is 3.65. The molecule has 0 aliphatic heterocycles. The van der Waals surface area contributed by atoms with E-state index < -0.39 is 11.6 Å². The molecule has 0 N–H and O–H groups in total. The third-order valence-electron chi connectivity index (χ3n) is 2.85. The molecule has 0 spiro atoms. The highest BCUT2D eigenvalue weighted by atomic mass is 79.9. The normalized spacial score (nSPS) is 11.0. The van der Waals surface area contributed by atoms with Gasteiger partial charge in [0.05, 0.1) is 9.99 Å². The van der Waals surface area contributed by atoms with E-state index in [1.165, 1.54) is 18.3 Å². The summed E-state index contributed by atoms with van der Waals surface area (Å²) in [6.45, 7) is 1.59. The highest BCUT2D eigenvalue weighted by molar-refractivity contribution is 9.10. The van der Waals surface area contributed by atoms with Crippen molar-refractivity contribution in [3.63, 3.8) is 0 Å². The van der Waals surface area contributed by atoms with Crippen molar-refractivity contribution in [3.05, 3.63) is 51.4 Å². The first-order valence-electron chi connectivity index (χ1n) is 6.07. The minimum absolute atomic E-state index is 0.142. The second kappa shape index (κ2) is 5.73. The van der Waals surface area contributed by atoms with Crippen LogP contribution in [0.3, 0.4) is 0 Å². The molecule has 8 heteroatoms. The quantitative estimate of drug-likeness (QED) is 0.593. The maximum Gasteiger partial charge on any atom is 0.241 e. The van der Waals surface area contributed by atoms with Crippen LogP contribution in [0.1, 0.15) is 5.69 Å². The van der Waals surface area contributed by atoms with E-state index in [2.05, 4.69) is 30.9 Å². The average molecular weight is 387 g/mol. The van der Waals surface area contributed by atoms with Crippen LogP contribution in [0.2, 0.25) is 5.15 Å². The lowest BCUT2D eigenvalue weighted by Crippen LogP contribution is -1.99. The van der Waals surface area contributed by atoms with Gasteiger partial charge in [0.15, 0.2) is 11.6 Å². The van der Waals surface area contributed by atoms with Crippen LogP contribution >= 0.6 is 27.5 Å². The molecule has 0 radical (unpaired) electrons. The fraction of sp³-hybridized carbons (Fsp3) is 0.0714. The molecule has 0 unspecified atom stereocenters. The molecule has 2 aromatic heterocycles. The topological polar surface area (TPSA) is 47.9 Å². The second-order valence-corrected chi connectivity index (χ2v) is 5.62. The molecule has 3 aromatic rings. The number of hydrogen-bond acceptors (Lipinski definition) is 4. The minimum atomic E-state index is -1.03. The van der Waals surface area contributed by atoms with E-state index in [9.17, 15) is 8.78 Å². The van der Waals surface area contributed by atoms with Crippen molar-refractivity contribution in [3.8, 4) is 11.6 Å². The van der Waals surface area contributed by atoms with Gasteiger partial charge in [0.2, 0.25) is 5.88 Å². The molecule has 22 heavy (non-hydrogen) atoms. The van der Waals surface area contributed by atoms with E-state index in [1.807, 2.05) is 0 Å². The predicted molar refractivity (Wildman–Crippen MR) is 81.2 cm³/mol. The molecule has 2 heterocycles. The van der Waals surface area contributed by atoms with Crippen molar-refractivity contribution in [2.75, 3.05) is 0 Å². The zero-order valence-corrected chi connectivity index (χ0v) is 13.4. The van der Waals surface area contributed by atoms with Gasteiger partial charge >= 0.3 is 0 Å². The molecule has 112 valence electrons. The summed E-state index contributed by atoms with van der Waals surface area (Å²) in [6, 6.07) is 3.83. The lowest BCUT2D eigenvalue weighted by molar-refractivity contribution is 0.453. The highest BCUT2D eigenvalue weighted by Crippen LogP contribution is 2.32. The molecule has 0 aliphatic rings. The SMILES string of the molecule is Cc1nc2c(F)c(F)ccc2nc1Oc1cc(Cl)ncc1Br. The number of rotatable bonds is 2. The Morgan fingerprint density at radius 2 is 2.00 bits per heavy atom. The summed E-state index contributed by atoms with van der Waals surface area (Å²) in [5.74, 6) is -1.45. The van der Waals surface area contributed by atoms with Gasteiger partial charge in [-0.15, -0.1) is 0 Å². The third kappa shape index (κ3) is 2.74. The van der Waals surface area contributed by atoms with Crippen molar-refractivity contribution >= 4 is 38.6 Å². The number of halogens is 4. The summed E-state index contributed by atoms with van der Waals surface area (Å²) >= 11 is 9.10. The lowest BCUT2D eigenvalue weighted by Gasteiger charge is -2.10. The Morgan fingerprint density at radius 3 is 2.77 bits per heavy atom. The molecule has 0 aliphatic carbocycles. The molecule has 0 amide bonds. The number of hydrogen-bond donors (Lipinski definition) is 0. The number of aromatic nitrogens is 3. The van der Waals surface area contributed by atoms with E-state index in [0.717, 1.165) is 6.07 Å². The van der Waals surface area contributed by atoms with Crippen molar-refractivity contribution < 1.29 is 13.5 Å². The van der Waals surface area contributed by atoms with Gasteiger partial charge in [0, 0.05) is 12.3 Å². The average Bonchev–Trinajstić information content (AvgIpc) is 2.48. The van der Waals surface area contributed by atoms with Crippen molar-refractivity contribution in [2.45, 2.75) is 6.92 Å². The van der Waals surface area contributed by atoms with Crippen LogP contribution in [-0.2, 0) is 0 Å². The maximum atomic E-state index is 13.7. The Bertz CT molecular complexity index is 892. The number of aryl methyl sites for hydroxylation is 1. The first-order chi connectivity index (χ1) is 10.5. The summed E-state index contributed by atoms with van der Waals surface area (Å²) < 4.78 is 33.1. The minimum Gasteiger partial charge on any atom is -0.436 e. The van der Waals surface area contributed by atoms with Crippen LogP contribution in [0.15, 0.2) is 28.9 Å². The van der Waals surface area contributed by atoms with Crippen LogP contribution in [0.25, 0.3) is 11.0 Å². The van der Waals surface area contributed by atoms with E-state index in [4.69, 9.17) is 16.3 Å². The highest BCUT2D eigenvalue weighted by Gasteiger charge is 2.15. The van der Waals surface area contributed by atoms with Crippen LogP contribution in [0, 0.1) is 18.6 Å². The molecular weight excluding hydrogens is 380 g/mol. The van der Waals surface area contributed by atoms with Gasteiger partial charge in [0.1, 0.15) is 22.1 Å². The van der Waals surface area contributed by atoms with Crippen LogP contribution in [0.5, 0.6) is 11.6 Å². The Kier molecular flexibility index (Phi) is 3.92. The first-order valence-corrected chi connectivity index (χ1v) is 7.24. The zero-order chi connectivity index (χ0) is 15.9. The van der Waals surface area contributed by atoms with Crippen molar-refractivity contribution in [1.82, 2.24) is 15.0 Å². The van der Waals surface area contributed by atoms with Crippen LogP contribution in [-0.4, -0.2) is 15.0 Å². The van der Waals surface area contributed by atoms with Gasteiger partial charge in [-0.3, -0.25) is 0 Å². The molecule has 0 saturated carbocycles. The molecule has 0 atom stereocenters. The van der Waals surface area contributed by atoms with Gasteiger partial charge in [-0.2, -0.15) is 0 Å². The zero-order valence-electron chi connectivity index (χ0n) is 11.1. The van der Waals surface area contributed by atoms with Gasteiger partial charge in [0.25, 0.3) is 0 Å². The fourth-order valence-corrected chi connectivity index (χ4v) is 2.25. The number of pyridine rings is 1. The molecule has 0 bridgehead atoms. The summed E-state index contributed by atoms with van der Waals surface area (Å²) in [6.07, 6.45) is 1.48. The summed E-state index contributed by atoms with van der Waals surface area (Å²) in [7, 11) is 0. The molecule has 1 aromatic carbocycles. The number of fused-ring (bicyclic) bond motifs is 1. The van der Waals surface area contributed by atoms with E-state index in [1.54, 1.807) is 6.92 Å². The largest absolute Gasteiger partial charge is 0.436 e. The van der Waals surface area contributed by atoms with E-state index in [-0.39, 0.29) is 22.1 Å². The van der Waals surface area contributed by atoms with E-state index in [0.29, 0.717) is 15.9 Å². The van der Waals surface area contributed by atoms with E-state index >= 15 is 0 Å². The van der Waals surface area contributed by atoms with Crippen LogP contribution in [0.4, 0.5) is 8.78 Å². The fourth-order valence-electron chi connectivity index (χ4n) is 1.81. The predicted octanol–water partition coefficient (Wildman–Crippen LogP) is 4.82. The maximum absolute atomic E-state index is 13.7. The van der Waals surface area contributed by atoms with Gasteiger partial charge < -0.3 is 4.74 Å². The molecule has 0 fully saturated rings. The summed E-state index contributed by atoms with van der Waals surface area (Å²) in [5, 5.41) is 0.248. The van der Waals surface area contributed by atoms with Gasteiger partial charge in [-0.25, -0.2) is 23.7 Å². The Balaban J connectivity index is 2.10. The lowest BCUT2D eigenvalue weighted by atomic mass is 10.2. The van der Waals surface area contributed by atoms with Gasteiger partial charge in [-0.1, -0.05) is 11.6 Å². The van der Waals surface area contributed by atoms with Crippen molar-refractivity contribution in [1.29, 1.82) is 0 Å². The smallest absolute Gasteiger partial charge is 0.241 e. The molecule has 3 rings (SSSR count). The first kappa shape index (κ1) is 15.1. The Hall–Kier alpha value is -1.86. The second-order valence-electron chi connectivity index (χ2n) is 4.38. The molecule has 4 nitrogen and oxygen atoms in total. The van der Waals surface area contributed by atoms with Crippen LogP contribution < -0.4 is 4.74 Å². The molecule has 0 saturated heterocycles. The van der Waals surface area contributed by atoms with Gasteiger partial charge in [-0.05, 0) is 35.0 Å². The Morgan fingerprint density at radius 1 is 1.23 bits per heavy atom. The van der Waals surface area contributed by atoms with Crippen molar-refractivity contribution in [2.24, 2.45) is 0 Å². The number of benzene rings is 1. The molecular formula is C14H7BrClF2N3O. The summed E-state index contributed by atoms with van der Waals surface area (Å²) in [5.41, 5.74) is 0.365. The standard InChI is InChI=1S/C14H7BrClF2N3O/c1-6-14(22-10-4-11(16)19-5-7(10)15)21-9-3-2-8(17)12(18)13(9)20-6/h2-5H,1H3.